The molecule has 3 nitrogen and oxygen atoms in total. The van der Waals surface area contributed by atoms with Crippen LogP contribution < -0.4 is 0 Å². The van der Waals surface area contributed by atoms with E-state index in [-0.39, 0.29) is 6.04 Å². The Morgan fingerprint density at radius 1 is 1.91 bits per heavy atom. The van der Waals surface area contributed by atoms with E-state index in [1.54, 1.807) is 10.9 Å². The molecule has 0 aliphatic heterocycles. The topological polar surface area (TPSA) is 41.6 Å². The second-order valence-corrected chi connectivity index (χ2v) is 2.63. The summed E-state index contributed by atoms with van der Waals surface area (Å²) in [5.74, 6) is 0. The van der Waals surface area contributed by atoms with Crippen molar-refractivity contribution in [2.24, 2.45) is 0 Å². The molecule has 1 unspecified atom stereocenters. The minimum Gasteiger partial charge on any atom is -0.254 e. The summed E-state index contributed by atoms with van der Waals surface area (Å²) in [5.41, 5.74) is 0. The van der Waals surface area contributed by atoms with E-state index in [4.69, 9.17) is 16.9 Å². The SMILES string of the molecule is CCC(C#N)n1cc(Cl)cn1. The molecule has 1 atom stereocenters. The van der Waals surface area contributed by atoms with Crippen LogP contribution in [0.4, 0.5) is 0 Å². The second kappa shape index (κ2) is 3.40. The van der Waals surface area contributed by atoms with Crippen molar-refractivity contribution in [3.63, 3.8) is 0 Å². The van der Waals surface area contributed by atoms with Crippen molar-refractivity contribution in [1.29, 1.82) is 5.26 Å². The summed E-state index contributed by atoms with van der Waals surface area (Å²) in [5, 5.41) is 13.1. The predicted molar refractivity (Wildman–Crippen MR) is 42.2 cm³/mol. The zero-order valence-electron chi connectivity index (χ0n) is 6.16. The molecule has 58 valence electrons. The van der Waals surface area contributed by atoms with Gasteiger partial charge in [0.05, 0.1) is 17.3 Å². The summed E-state index contributed by atoms with van der Waals surface area (Å²) in [6.45, 7) is 1.93. The first kappa shape index (κ1) is 8.09. The molecule has 1 heterocycles. The number of hydrogen-bond acceptors (Lipinski definition) is 2. The lowest BCUT2D eigenvalue weighted by Crippen LogP contribution is -2.05. The summed E-state index contributed by atoms with van der Waals surface area (Å²) in [7, 11) is 0. The van der Waals surface area contributed by atoms with Crippen molar-refractivity contribution in [2.45, 2.75) is 19.4 Å². The van der Waals surface area contributed by atoms with E-state index in [1.165, 1.54) is 6.20 Å². The maximum atomic E-state index is 8.63. The summed E-state index contributed by atoms with van der Waals surface area (Å²) in [6, 6.07) is 1.93. The van der Waals surface area contributed by atoms with Crippen molar-refractivity contribution in [1.82, 2.24) is 9.78 Å². The fraction of sp³-hybridized carbons (Fsp3) is 0.429. The molecule has 4 heteroatoms. The van der Waals surface area contributed by atoms with E-state index in [0.29, 0.717) is 5.02 Å². The van der Waals surface area contributed by atoms with E-state index in [2.05, 4.69) is 11.2 Å². The number of nitrogens with zero attached hydrogens (tertiary/aromatic N) is 3. The third kappa shape index (κ3) is 1.72. The molecule has 0 bridgehead atoms. The van der Waals surface area contributed by atoms with Gasteiger partial charge in [0.1, 0.15) is 6.04 Å². The minimum absolute atomic E-state index is 0.192. The third-order valence-corrected chi connectivity index (χ3v) is 1.62. The van der Waals surface area contributed by atoms with Crippen molar-refractivity contribution >= 4 is 11.6 Å². The van der Waals surface area contributed by atoms with Crippen LogP contribution in [0.5, 0.6) is 0 Å². The van der Waals surface area contributed by atoms with Gasteiger partial charge in [0.15, 0.2) is 0 Å². The molecular weight excluding hydrogens is 162 g/mol. The molecule has 1 aromatic rings. The summed E-state index contributed by atoms with van der Waals surface area (Å²) >= 11 is 5.63. The van der Waals surface area contributed by atoms with Gasteiger partial charge in [-0.15, -0.1) is 0 Å². The molecule has 0 aliphatic rings. The highest BCUT2D eigenvalue weighted by Gasteiger charge is 2.06. The minimum atomic E-state index is -0.192. The lowest BCUT2D eigenvalue weighted by atomic mass is 10.3. The van der Waals surface area contributed by atoms with Gasteiger partial charge in [-0.3, -0.25) is 4.68 Å². The second-order valence-electron chi connectivity index (χ2n) is 2.19. The van der Waals surface area contributed by atoms with Crippen LogP contribution in [0.2, 0.25) is 5.02 Å². The van der Waals surface area contributed by atoms with E-state index < -0.39 is 0 Å². The fourth-order valence-corrected chi connectivity index (χ4v) is 0.966. The molecule has 0 amide bonds. The average Bonchev–Trinajstić information content (AvgIpc) is 2.39. The molecule has 0 aromatic carbocycles. The lowest BCUT2D eigenvalue weighted by Gasteiger charge is -2.03. The van der Waals surface area contributed by atoms with E-state index in [0.717, 1.165) is 6.42 Å². The van der Waals surface area contributed by atoms with Gasteiger partial charge in [0.2, 0.25) is 0 Å². The first-order chi connectivity index (χ1) is 5.27. The molecule has 0 aliphatic carbocycles. The van der Waals surface area contributed by atoms with Gasteiger partial charge in [-0.1, -0.05) is 18.5 Å². The first-order valence-electron chi connectivity index (χ1n) is 3.37. The highest BCUT2D eigenvalue weighted by atomic mass is 35.5. The maximum absolute atomic E-state index is 8.63. The van der Waals surface area contributed by atoms with Gasteiger partial charge in [-0.05, 0) is 6.42 Å². The Labute approximate surface area is 70.2 Å². The van der Waals surface area contributed by atoms with Crippen LogP contribution in [-0.4, -0.2) is 9.78 Å². The van der Waals surface area contributed by atoms with Crippen LogP contribution in [0.25, 0.3) is 0 Å². The Kier molecular flexibility index (Phi) is 2.50. The number of aromatic nitrogens is 2. The monoisotopic (exact) mass is 169 g/mol. The molecule has 0 spiro atoms. The Morgan fingerprint density at radius 2 is 2.64 bits per heavy atom. The lowest BCUT2D eigenvalue weighted by molar-refractivity contribution is 0.534. The molecule has 0 fully saturated rings. The van der Waals surface area contributed by atoms with Gasteiger partial charge < -0.3 is 0 Å². The van der Waals surface area contributed by atoms with E-state index in [1.807, 2.05) is 6.92 Å². The van der Waals surface area contributed by atoms with Gasteiger partial charge in [0.25, 0.3) is 0 Å². The number of nitriles is 1. The Morgan fingerprint density at radius 3 is 3.00 bits per heavy atom. The van der Waals surface area contributed by atoms with Gasteiger partial charge in [0, 0.05) is 6.20 Å². The standard InChI is InChI=1S/C7H8ClN3/c1-2-7(3-9)11-5-6(8)4-10-11/h4-5,7H,2H2,1H3. The molecule has 11 heavy (non-hydrogen) atoms. The van der Waals surface area contributed by atoms with Gasteiger partial charge in [-0.25, -0.2) is 0 Å². The Bertz CT molecular complexity index is 273. The summed E-state index contributed by atoms with van der Waals surface area (Å²) < 4.78 is 1.57. The molecule has 0 radical (unpaired) electrons. The highest BCUT2D eigenvalue weighted by molar-refractivity contribution is 6.30. The van der Waals surface area contributed by atoms with Crippen LogP contribution in [0.1, 0.15) is 19.4 Å². The average molecular weight is 170 g/mol. The molecule has 1 rings (SSSR count). The van der Waals surface area contributed by atoms with Crippen LogP contribution in [0, 0.1) is 11.3 Å². The third-order valence-electron chi connectivity index (χ3n) is 1.43. The molecular formula is C7H8ClN3. The predicted octanol–water partition coefficient (Wildman–Crippen LogP) is 2.01. The molecule has 0 saturated carbocycles. The molecule has 0 saturated heterocycles. The number of halogens is 1. The smallest absolute Gasteiger partial charge is 0.138 e. The van der Waals surface area contributed by atoms with Crippen LogP contribution >= 0.6 is 11.6 Å². The molecule has 1 aromatic heterocycles. The maximum Gasteiger partial charge on any atom is 0.138 e. The van der Waals surface area contributed by atoms with Crippen molar-refractivity contribution in [3.05, 3.63) is 17.4 Å². The summed E-state index contributed by atoms with van der Waals surface area (Å²) in [6.07, 6.45) is 3.93. The Hall–Kier alpha value is -1.01. The van der Waals surface area contributed by atoms with Crippen LogP contribution in [-0.2, 0) is 0 Å². The van der Waals surface area contributed by atoms with Crippen molar-refractivity contribution in [3.8, 4) is 6.07 Å². The van der Waals surface area contributed by atoms with Crippen molar-refractivity contribution < 1.29 is 0 Å². The fourth-order valence-electron chi connectivity index (χ4n) is 0.823. The molecule has 0 N–H and O–H groups in total. The van der Waals surface area contributed by atoms with Crippen LogP contribution in [0.15, 0.2) is 12.4 Å². The quantitative estimate of drug-likeness (QED) is 0.680. The Balaban J connectivity index is 2.84. The highest BCUT2D eigenvalue weighted by Crippen LogP contribution is 2.12. The van der Waals surface area contributed by atoms with E-state index in [9.17, 15) is 0 Å². The van der Waals surface area contributed by atoms with E-state index >= 15 is 0 Å². The largest absolute Gasteiger partial charge is 0.254 e. The van der Waals surface area contributed by atoms with Gasteiger partial charge >= 0.3 is 0 Å². The van der Waals surface area contributed by atoms with Crippen molar-refractivity contribution in [2.75, 3.05) is 0 Å². The summed E-state index contributed by atoms with van der Waals surface area (Å²) in [4.78, 5) is 0. The zero-order chi connectivity index (χ0) is 8.27. The number of rotatable bonds is 2. The van der Waals surface area contributed by atoms with Crippen LogP contribution in [0.3, 0.4) is 0 Å². The number of hydrogen-bond donors (Lipinski definition) is 0. The zero-order valence-corrected chi connectivity index (χ0v) is 6.91. The normalized spacial score (nSPS) is 12.5. The first-order valence-corrected chi connectivity index (χ1v) is 3.75. The van der Waals surface area contributed by atoms with Gasteiger partial charge in [-0.2, -0.15) is 10.4 Å².